The zero-order chi connectivity index (χ0) is 10.8. The molecule has 0 aromatic carbocycles. The highest BCUT2D eigenvalue weighted by Gasteiger charge is 2.14. The van der Waals surface area contributed by atoms with Gasteiger partial charge in [0.25, 0.3) is 5.78 Å². The zero-order valence-electron chi connectivity index (χ0n) is 8.16. The SMILES string of the molecule is CC(Cc1cn2nccnc2n1)C(=O)O. The maximum atomic E-state index is 10.7. The first-order chi connectivity index (χ1) is 7.16. The van der Waals surface area contributed by atoms with E-state index in [2.05, 4.69) is 15.1 Å². The van der Waals surface area contributed by atoms with Gasteiger partial charge < -0.3 is 5.11 Å². The topological polar surface area (TPSA) is 80.4 Å². The molecule has 6 nitrogen and oxygen atoms in total. The molecule has 0 fully saturated rings. The zero-order valence-corrected chi connectivity index (χ0v) is 8.16. The summed E-state index contributed by atoms with van der Waals surface area (Å²) in [5, 5.41) is 12.8. The van der Waals surface area contributed by atoms with Crippen LogP contribution in [-0.2, 0) is 11.2 Å². The Labute approximate surface area is 85.6 Å². The fraction of sp³-hybridized carbons (Fsp3) is 0.333. The number of nitrogens with zero attached hydrogens (tertiary/aromatic N) is 4. The highest BCUT2D eigenvalue weighted by atomic mass is 16.4. The number of aliphatic carboxylic acids is 1. The number of hydrogen-bond acceptors (Lipinski definition) is 4. The van der Waals surface area contributed by atoms with Crippen LogP contribution in [-0.4, -0.2) is 30.7 Å². The average molecular weight is 206 g/mol. The first kappa shape index (κ1) is 9.57. The molecule has 2 aromatic heterocycles. The second kappa shape index (κ2) is 3.64. The predicted molar refractivity (Wildman–Crippen MR) is 51.3 cm³/mol. The fourth-order valence-electron chi connectivity index (χ4n) is 1.28. The summed E-state index contributed by atoms with van der Waals surface area (Å²) in [5.41, 5.74) is 0.691. The maximum Gasteiger partial charge on any atom is 0.306 e. The summed E-state index contributed by atoms with van der Waals surface area (Å²) < 4.78 is 1.53. The monoisotopic (exact) mass is 206 g/mol. The van der Waals surface area contributed by atoms with Gasteiger partial charge in [0.15, 0.2) is 0 Å². The van der Waals surface area contributed by atoms with E-state index in [1.54, 1.807) is 25.5 Å². The van der Waals surface area contributed by atoms with Crippen molar-refractivity contribution in [1.29, 1.82) is 0 Å². The summed E-state index contributed by atoms with van der Waals surface area (Å²) in [6.07, 6.45) is 5.19. The minimum absolute atomic E-state index is 0.389. The molecule has 6 heteroatoms. The van der Waals surface area contributed by atoms with Crippen LogP contribution in [0.1, 0.15) is 12.6 Å². The van der Waals surface area contributed by atoms with Crippen LogP contribution in [0.2, 0.25) is 0 Å². The van der Waals surface area contributed by atoms with Crippen molar-refractivity contribution in [2.24, 2.45) is 5.92 Å². The molecular weight excluding hydrogens is 196 g/mol. The van der Waals surface area contributed by atoms with Gasteiger partial charge in [0.1, 0.15) is 0 Å². The molecule has 0 saturated carbocycles. The molecule has 1 N–H and O–H groups in total. The molecule has 0 saturated heterocycles. The maximum absolute atomic E-state index is 10.7. The number of aromatic nitrogens is 4. The largest absolute Gasteiger partial charge is 0.481 e. The van der Waals surface area contributed by atoms with E-state index < -0.39 is 11.9 Å². The minimum atomic E-state index is -0.826. The molecule has 2 rings (SSSR count). The van der Waals surface area contributed by atoms with Gasteiger partial charge in [0, 0.05) is 6.42 Å². The van der Waals surface area contributed by atoms with Gasteiger partial charge in [-0.2, -0.15) is 5.10 Å². The van der Waals surface area contributed by atoms with Crippen molar-refractivity contribution in [1.82, 2.24) is 19.6 Å². The Kier molecular flexibility index (Phi) is 2.32. The first-order valence-corrected chi connectivity index (χ1v) is 4.55. The third-order valence-corrected chi connectivity index (χ3v) is 2.10. The van der Waals surface area contributed by atoms with Crippen LogP contribution in [0.5, 0.6) is 0 Å². The lowest BCUT2D eigenvalue weighted by Gasteiger charge is -2.00. The van der Waals surface area contributed by atoms with Crippen LogP contribution >= 0.6 is 0 Å². The fourth-order valence-corrected chi connectivity index (χ4v) is 1.28. The van der Waals surface area contributed by atoms with Gasteiger partial charge in [-0.25, -0.2) is 14.5 Å². The molecule has 0 aliphatic carbocycles. The number of imidazole rings is 1. The van der Waals surface area contributed by atoms with Gasteiger partial charge in [-0.3, -0.25) is 4.79 Å². The van der Waals surface area contributed by atoms with Crippen LogP contribution in [0.4, 0.5) is 0 Å². The number of hydrogen-bond donors (Lipinski definition) is 1. The van der Waals surface area contributed by atoms with E-state index in [4.69, 9.17) is 5.11 Å². The van der Waals surface area contributed by atoms with Gasteiger partial charge in [-0.15, -0.1) is 0 Å². The smallest absolute Gasteiger partial charge is 0.306 e. The van der Waals surface area contributed by atoms with Gasteiger partial charge in [-0.05, 0) is 0 Å². The second-order valence-electron chi connectivity index (χ2n) is 3.36. The number of carboxylic acid groups (broad SMARTS) is 1. The Hall–Kier alpha value is -1.98. The van der Waals surface area contributed by atoms with Crippen molar-refractivity contribution in [3.63, 3.8) is 0 Å². The van der Waals surface area contributed by atoms with E-state index in [-0.39, 0.29) is 0 Å². The van der Waals surface area contributed by atoms with Crippen LogP contribution in [0.25, 0.3) is 5.78 Å². The molecule has 0 aliphatic rings. The van der Waals surface area contributed by atoms with Gasteiger partial charge in [-0.1, -0.05) is 6.92 Å². The number of rotatable bonds is 3. The van der Waals surface area contributed by atoms with Gasteiger partial charge in [0.05, 0.1) is 30.2 Å². The normalized spacial score (nSPS) is 12.9. The van der Waals surface area contributed by atoms with E-state index in [1.165, 1.54) is 4.52 Å². The number of fused-ring (bicyclic) bond motifs is 1. The van der Waals surface area contributed by atoms with Crippen LogP contribution < -0.4 is 0 Å². The van der Waals surface area contributed by atoms with E-state index in [0.29, 0.717) is 17.9 Å². The summed E-state index contributed by atoms with van der Waals surface area (Å²) in [6.45, 7) is 1.65. The highest BCUT2D eigenvalue weighted by molar-refractivity contribution is 5.69. The number of carbonyl (C=O) groups is 1. The third-order valence-electron chi connectivity index (χ3n) is 2.10. The van der Waals surface area contributed by atoms with E-state index in [0.717, 1.165) is 0 Å². The van der Waals surface area contributed by atoms with E-state index >= 15 is 0 Å². The van der Waals surface area contributed by atoms with Crippen molar-refractivity contribution in [2.45, 2.75) is 13.3 Å². The highest BCUT2D eigenvalue weighted by Crippen LogP contribution is 2.07. The third kappa shape index (κ3) is 1.93. The molecule has 1 unspecified atom stereocenters. The van der Waals surface area contributed by atoms with Gasteiger partial charge in [0.2, 0.25) is 0 Å². The van der Waals surface area contributed by atoms with Crippen molar-refractivity contribution in [2.75, 3.05) is 0 Å². The number of carboxylic acids is 1. The Bertz CT molecular complexity index is 461. The van der Waals surface area contributed by atoms with Gasteiger partial charge >= 0.3 is 5.97 Å². The Morgan fingerprint density at radius 2 is 2.40 bits per heavy atom. The van der Waals surface area contributed by atoms with E-state index in [1.807, 2.05) is 0 Å². The molecule has 0 radical (unpaired) electrons. The molecule has 78 valence electrons. The Morgan fingerprint density at radius 1 is 1.60 bits per heavy atom. The molecular formula is C9H10N4O2. The molecule has 0 aliphatic heterocycles. The van der Waals surface area contributed by atoms with Crippen LogP contribution in [0, 0.1) is 5.92 Å². The van der Waals surface area contributed by atoms with E-state index in [9.17, 15) is 4.79 Å². The Balaban J connectivity index is 2.26. The summed E-state index contributed by atoms with van der Waals surface area (Å²) in [5.74, 6) is -0.784. The Morgan fingerprint density at radius 3 is 3.07 bits per heavy atom. The second-order valence-corrected chi connectivity index (χ2v) is 3.36. The van der Waals surface area contributed by atoms with Crippen molar-refractivity contribution >= 4 is 11.7 Å². The molecule has 1 atom stereocenters. The summed E-state index contributed by atoms with van der Waals surface area (Å²) in [7, 11) is 0. The summed E-state index contributed by atoms with van der Waals surface area (Å²) >= 11 is 0. The molecule has 2 heterocycles. The summed E-state index contributed by atoms with van der Waals surface area (Å²) in [4.78, 5) is 18.8. The standard InChI is InChI=1S/C9H10N4O2/c1-6(8(14)15)4-7-5-13-9(12-7)10-2-3-11-13/h2-3,5-6H,4H2,1H3,(H,14,15). The molecule has 0 spiro atoms. The van der Waals surface area contributed by atoms with Crippen LogP contribution in [0.15, 0.2) is 18.6 Å². The van der Waals surface area contributed by atoms with Crippen molar-refractivity contribution in [3.8, 4) is 0 Å². The van der Waals surface area contributed by atoms with Crippen molar-refractivity contribution in [3.05, 3.63) is 24.3 Å². The van der Waals surface area contributed by atoms with Crippen LogP contribution in [0.3, 0.4) is 0 Å². The molecule has 0 amide bonds. The lowest BCUT2D eigenvalue weighted by atomic mass is 10.1. The minimum Gasteiger partial charge on any atom is -0.481 e. The quantitative estimate of drug-likeness (QED) is 0.785. The molecule has 0 bridgehead atoms. The average Bonchev–Trinajstić information content (AvgIpc) is 2.59. The summed E-state index contributed by atoms with van der Waals surface area (Å²) in [6, 6.07) is 0. The lowest BCUT2D eigenvalue weighted by molar-refractivity contribution is -0.141. The molecule has 15 heavy (non-hydrogen) atoms. The predicted octanol–water partition coefficient (Wildman–Crippen LogP) is 0.387. The first-order valence-electron chi connectivity index (χ1n) is 4.55. The van der Waals surface area contributed by atoms with Crippen molar-refractivity contribution < 1.29 is 9.90 Å². The molecule has 2 aromatic rings. The lowest BCUT2D eigenvalue weighted by Crippen LogP contribution is -2.12.